The Morgan fingerprint density at radius 3 is 2.73 bits per heavy atom. The Labute approximate surface area is 177 Å². The number of hydrogen-bond acceptors (Lipinski definition) is 6. The predicted octanol–water partition coefficient (Wildman–Crippen LogP) is 4.45. The minimum Gasteiger partial charge on any atom is -0.497 e. The number of para-hydroxylation sites is 1. The molecule has 2 aromatic heterocycles. The van der Waals surface area contributed by atoms with Gasteiger partial charge in [0.25, 0.3) is 5.91 Å². The first-order chi connectivity index (χ1) is 14.6. The van der Waals surface area contributed by atoms with Crippen molar-refractivity contribution >= 4 is 23.2 Å². The summed E-state index contributed by atoms with van der Waals surface area (Å²) in [5, 5.41) is 11.4. The third-order valence-electron chi connectivity index (χ3n) is 4.35. The number of ether oxygens (including phenoxy) is 2. The Morgan fingerprint density at radius 1 is 1.13 bits per heavy atom. The summed E-state index contributed by atoms with van der Waals surface area (Å²) in [6.45, 7) is 0. The molecule has 4 rings (SSSR count). The van der Waals surface area contributed by atoms with Crippen molar-refractivity contribution in [3.05, 3.63) is 71.6 Å². The molecule has 0 aliphatic heterocycles. The molecule has 4 aromatic rings. The van der Waals surface area contributed by atoms with Crippen molar-refractivity contribution in [1.82, 2.24) is 14.9 Å². The second kappa shape index (κ2) is 8.30. The highest BCUT2D eigenvalue weighted by Gasteiger charge is 2.18. The molecule has 1 amide bonds. The number of rotatable bonds is 6. The van der Waals surface area contributed by atoms with Crippen LogP contribution < -0.4 is 14.8 Å². The van der Waals surface area contributed by atoms with Gasteiger partial charge in [-0.05, 0) is 30.3 Å². The van der Waals surface area contributed by atoms with Crippen molar-refractivity contribution < 1.29 is 18.8 Å². The molecule has 152 valence electrons. The van der Waals surface area contributed by atoms with Gasteiger partial charge in [-0.15, -0.1) is 0 Å². The molecule has 0 unspecified atom stereocenters. The van der Waals surface area contributed by atoms with Crippen LogP contribution in [0.4, 0.5) is 5.69 Å². The lowest BCUT2D eigenvalue weighted by Crippen LogP contribution is -2.11. The quantitative estimate of drug-likeness (QED) is 0.491. The highest BCUT2D eigenvalue weighted by Crippen LogP contribution is 2.33. The largest absolute Gasteiger partial charge is 0.497 e. The van der Waals surface area contributed by atoms with Gasteiger partial charge >= 0.3 is 0 Å². The number of aromatic nitrogens is 3. The molecule has 0 saturated heterocycles. The van der Waals surface area contributed by atoms with E-state index in [0.717, 1.165) is 0 Å². The number of methoxy groups -OCH3 is 2. The number of anilines is 1. The molecule has 0 spiro atoms. The van der Waals surface area contributed by atoms with Crippen molar-refractivity contribution in [2.24, 2.45) is 0 Å². The molecular weight excluding hydrogens is 408 g/mol. The number of carbonyl (C=O) groups excluding carboxylic acids is 1. The number of amides is 1. The van der Waals surface area contributed by atoms with Gasteiger partial charge in [0.1, 0.15) is 11.5 Å². The van der Waals surface area contributed by atoms with Crippen LogP contribution in [0.3, 0.4) is 0 Å². The van der Waals surface area contributed by atoms with Crippen LogP contribution >= 0.6 is 11.6 Å². The maximum Gasteiger partial charge on any atom is 0.277 e. The predicted molar refractivity (Wildman–Crippen MR) is 112 cm³/mol. The zero-order valence-corrected chi connectivity index (χ0v) is 16.9. The van der Waals surface area contributed by atoms with Crippen molar-refractivity contribution in [1.29, 1.82) is 0 Å². The smallest absolute Gasteiger partial charge is 0.277 e. The maximum absolute atomic E-state index is 12.6. The Balaban J connectivity index is 1.54. The summed E-state index contributed by atoms with van der Waals surface area (Å²) in [5.41, 5.74) is 1.92. The van der Waals surface area contributed by atoms with Gasteiger partial charge < -0.3 is 19.3 Å². The van der Waals surface area contributed by atoms with Crippen LogP contribution in [0.5, 0.6) is 11.5 Å². The van der Waals surface area contributed by atoms with Crippen LogP contribution in [0.25, 0.3) is 17.0 Å². The average Bonchev–Trinajstić information content (AvgIpc) is 3.43. The van der Waals surface area contributed by atoms with E-state index in [4.69, 9.17) is 25.6 Å². The van der Waals surface area contributed by atoms with Gasteiger partial charge in [-0.2, -0.15) is 5.10 Å². The van der Waals surface area contributed by atoms with Gasteiger partial charge in [0.15, 0.2) is 11.5 Å². The molecule has 0 aliphatic carbocycles. The van der Waals surface area contributed by atoms with Crippen molar-refractivity contribution in [2.75, 3.05) is 19.5 Å². The summed E-state index contributed by atoms with van der Waals surface area (Å²) in [4.78, 5) is 12.6. The fourth-order valence-corrected chi connectivity index (χ4v) is 3.09. The number of nitrogens with one attached hydrogen (secondary N) is 1. The number of hydrogen-bond donors (Lipinski definition) is 1. The van der Waals surface area contributed by atoms with E-state index in [2.05, 4.69) is 15.6 Å². The Kier molecular flexibility index (Phi) is 5.40. The third kappa shape index (κ3) is 3.85. The van der Waals surface area contributed by atoms with Gasteiger partial charge in [-0.1, -0.05) is 28.9 Å². The van der Waals surface area contributed by atoms with E-state index in [9.17, 15) is 4.79 Å². The summed E-state index contributed by atoms with van der Waals surface area (Å²) in [5.74, 6) is 1.13. The van der Waals surface area contributed by atoms with E-state index in [0.29, 0.717) is 39.2 Å². The second-order valence-electron chi connectivity index (χ2n) is 6.22. The summed E-state index contributed by atoms with van der Waals surface area (Å²) >= 11 is 6.19. The van der Waals surface area contributed by atoms with Gasteiger partial charge in [0.05, 0.1) is 48.6 Å². The first kappa shape index (κ1) is 19.5. The monoisotopic (exact) mass is 424 g/mol. The van der Waals surface area contributed by atoms with Crippen LogP contribution in [-0.2, 0) is 0 Å². The molecule has 0 radical (unpaired) electrons. The Morgan fingerprint density at radius 2 is 1.97 bits per heavy atom. The molecule has 2 aromatic carbocycles. The third-order valence-corrected chi connectivity index (χ3v) is 4.67. The van der Waals surface area contributed by atoms with Crippen molar-refractivity contribution in [3.8, 4) is 28.5 Å². The molecule has 0 atom stereocenters. The number of halogens is 1. The minimum absolute atomic E-state index is 0.111. The first-order valence-corrected chi connectivity index (χ1v) is 9.27. The van der Waals surface area contributed by atoms with Crippen molar-refractivity contribution in [3.63, 3.8) is 0 Å². The average molecular weight is 425 g/mol. The maximum atomic E-state index is 12.6. The van der Waals surface area contributed by atoms with Crippen LogP contribution in [0, 0.1) is 0 Å². The summed E-state index contributed by atoms with van der Waals surface area (Å²) < 4.78 is 17.5. The van der Waals surface area contributed by atoms with Crippen LogP contribution in [-0.4, -0.2) is 35.1 Å². The second-order valence-corrected chi connectivity index (χ2v) is 6.63. The van der Waals surface area contributed by atoms with E-state index >= 15 is 0 Å². The van der Waals surface area contributed by atoms with E-state index in [1.807, 2.05) is 18.2 Å². The molecule has 0 saturated carbocycles. The van der Waals surface area contributed by atoms with Crippen molar-refractivity contribution in [2.45, 2.75) is 0 Å². The molecule has 9 heteroatoms. The van der Waals surface area contributed by atoms with E-state index in [-0.39, 0.29) is 5.69 Å². The lowest BCUT2D eigenvalue weighted by atomic mass is 10.1. The number of nitrogens with zero attached hydrogens (tertiary/aromatic N) is 3. The topological polar surface area (TPSA) is 91.4 Å². The minimum atomic E-state index is -0.439. The summed E-state index contributed by atoms with van der Waals surface area (Å²) in [7, 11) is 3.11. The van der Waals surface area contributed by atoms with Crippen LogP contribution in [0.15, 0.2) is 65.4 Å². The highest BCUT2D eigenvalue weighted by molar-refractivity contribution is 6.32. The summed E-state index contributed by atoms with van der Waals surface area (Å²) in [6.07, 6.45) is 3.18. The molecule has 30 heavy (non-hydrogen) atoms. The lowest BCUT2D eigenvalue weighted by molar-refractivity contribution is 0.101. The van der Waals surface area contributed by atoms with E-state index in [1.165, 1.54) is 12.3 Å². The van der Waals surface area contributed by atoms with Gasteiger partial charge in [0.2, 0.25) is 0 Å². The Hall–Kier alpha value is -3.78. The lowest BCUT2D eigenvalue weighted by Gasteiger charge is -2.07. The fourth-order valence-electron chi connectivity index (χ4n) is 2.87. The zero-order chi connectivity index (χ0) is 21.1. The molecule has 0 bridgehead atoms. The highest BCUT2D eigenvalue weighted by atomic mass is 35.5. The first-order valence-electron chi connectivity index (χ1n) is 8.89. The molecular formula is C21H17ClN4O4. The fraction of sp³-hybridized carbons (Fsp3) is 0.0952. The molecule has 8 nitrogen and oxygen atoms in total. The van der Waals surface area contributed by atoms with Gasteiger partial charge in [-0.25, -0.2) is 4.68 Å². The molecule has 2 heterocycles. The normalized spacial score (nSPS) is 10.6. The number of benzene rings is 2. The zero-order valence-electron chi connectivity index (χ0n) is 16.1. The van der Waals surface area contributed by atoms with E-state index < -0.39 is 5.91 Å². The molecule has 0 aliphatic rings. The molecule has 1 N–H and O–H groups in total. The van der Waals surface area contributed by atoms with E-state index in [1.54, 1.807) is 49.4 Å². The van der Waals surface area contributed by atoms with Crippen LogP contribution in [0.2, 0.25) is 5.02 Å². The summed E-state index contributed by atoms with van der Waals surface area (Å²) in [6, 6.07) is 14.1. The van der Waals surface area contributed by atoms with Gasteiger partial charge in [-0.3, -0.25) is 4.79 Å². The SMILES string of the molecule is COc1ccc(OC)c(-c2cc(C(=O)Nc3cnn(-c4ccccc4Cl)c3)no2)c1. The van der Waals surface area contributed by atoms with Crippen LogP contribution in [0.1, 0.15) is 10.5 Å². The number of carbonyl (C=O) groups is 1. The Bertz CT molecular complexity index is 1200. The van der Waals surface area contributed by atoms with Gasteiger partial charge in [0, 0.05) is 6.07 Å². The standard InChI is InChI=1S/C21H17ClN4O4/c1-28-14-7-8-19(29-2)15(9-14)20-10-17(25-30-20)21(27)24-13-11-23-26(12-13)18-6-4-3-5-16(18)22/h3-12H,1-2H3,(H,24,27). The molecule has 0 fully saturated rings.